The number of rotatable bonds is 1. The van der Waals surface area contributed by atoms with Crippen molar-refractivity contribution < 1.29 is 4.74 Å². The minimum atomic E-state index is 0.0103. The molecule has 94 valence electrons. The Kier molecular flexibility index (Phi) is 3.14. The third-order valence-corrected chi connectivity index (χ3v) is 4.55. The fourth-order valence-corrected chi connectivity index (χ4v) is 3.55. The first-order valence-electron chi connectivity index (χ1n) is 5.58. The summed E-state index contributed by atoms with van der Waals surface area (Å²) in [6, 6.07) is 5.63. The normalized spacial score (nSPS) is 17.8. The monoisotopic (exact) mass is 299 g/mol. The summed E-state index contributed by atoms with van der Waals surface area (Å²) in [5.41, 5.74) is 2.11. The number of halogens is 2. The molecule has 0 saturated heterocycles. The number of fused-ring (bicyclic) bond motifs is 1. The van der Waals surface area contributed by atoms with Crippen molar-refractivity contribution in [2.24, 2.45) is 0 Å². The number of aryl methyl sites for hydroxylation is 1. The molecule has 5 heteroatoms. The van der Waals surface area contributed by atoms with Crippen LogP contribution in [0, 0.1) is 6.92 Å². The lowest BCUT2D eigenvalue weighted by molar-refractivity contribution is 0.214. The Morgan fingerprint density at radius 2 is 2.22 bits per heavy atom. The highest BCUT2D eigenvalue weighted by Gasteiger charge is 2.25. The van der Waals surface area contributed by atoms with Crippen LogP contribution in [0.4, 0.5) is 5.69 Å². The van der Waals surface area contributed by atoms with Crippen molar-refractivity contribution in [2.75, 3.05) is 11.9 Å². The molecular weight excluding hydrogens is 289 g/mol. The van der Waals surface area contributed by atoms with E-state index in [-0.39, 0.29) is 6.10 Å². The Morgan fingerprint density at radius 1 is 1.39 bits per heavy atom. The summed E-state index contributed by atoms with van der Waals surface area (Å²) in [4.78, 5) is 1.24. The van der Waals surface area contributed by atoms with Gasteiger partial charge in [0, 0.05) is 9.90 Å². The molecule has 1 unspecified atom stereocenters. The van der Waals surface area contributed by atoms with Crippen LogP contribution in [0.25, 0.3) is 0 Å². The molecule has 0 saturated carbocycles. The van der Waals surface area contributed by atoms with Gasteiger partial charge in [-0.15, -0.1) is 11.3 Å². The zero-order chi connectivity index (χ0) is 12.7. The van der Waals surface area contributed by atoms with E-state index in [1.165, 1.54) is 10.4 Å². The van der Waals surface area contributed by atoms with Gasteiger partial charge in [-0.3, -0.25) is 0 Å². The number of thiophene rings is 1. The molecule has 0 radical (unpaired) electrons. The van der Waals surface area contributed by atoms with Crippen LogP contribution in [0.2, 0.25) is 10.0 Å². The van der Waals surface area contributed by atoms with E-state index in [1.54, 1.807) is 17.4 Å². The van der Waals surface area contributed by atoms with Crippen LogP contribution in [0.5, 0.6) is 5.75 Å². The highest BCUT2D eigenvalue weighted by atomic mass is 35.5. The summed E-state index contributed by atoms with van der Waals surface area (Å²) in [6.07, 6.45) is 0.0103. The molecule has 0 bridgehead atoms. The molecule has 2 aromatic rings. The van der Waals surface area contributed by atoms with Crippen LogP contribution in [0.15, 0.2) is 23.6 Å². The number of nitrogens with one attached hydrogen (secondary N) is 1. The minimum absolute atomic E-state index is 0.0103. The van der Waals surface area contributed by atoms with Crippen molar-refractivity contribution >= 4 is 40.2 Å². The zero-order valence-electron chi connectivity index (χ0n) is 9.67. The molecule has 1 aliphatic rings. The molecule has 1 aliphatic heterocycles. The number of anilines is 1. The lowest BCUT2D eigenvalue weighted by Gasteiger charge is -2.28. The second-order valence-corrected chi connectivity index (χ2v) is 6.01. The number of hydrogen-bond acceptors (Lipinski definition) is 3. The van der Waals surface area contributed by atoms with Crippen LogP contribution >= 0.6 is 34.5 Å². The summed E-state index contributed by atoms with van der Waals surface area (Å²) in [6.45, 7) is 2.82. The molecular formula is C13H11Cl2NOS. The van der Waals surface area contributed by atoms with Crippen LogP contribution in [0.1, 0.15) is 16.5 Å². The highest BCUT2D eigenvalue weighted by molar-refractivity contribution is 7.10. The lowest BCUT2D eigenvalue weighted by Crippen LogP contribution is -2.23. The fourth-order valence-electron chi connectivity index (χ4n) is 2.06. The van der Waals surface area contributed by atoms with Crippen LogP contribution in [0.3, 0.4) is 0 Å². The van der Waals surface area contributed by atoms with E-state index in [2.05, 4.69) is 23.7 Å². The van der Waals surface area contributed by atoms with Gasteiger partial charge in [-0.2, -0.15) is 0 Å². The summed E-state index contributed by atoms with van der Waals surface area (Å²) in [5.74, 6) is 0.685. The first-order valence-corrected chi connectivity index (χ1v) is 7.22. The van der Waals surface area contributed by atoms with Gasteiger partial charge in [-0.1, -0.05) is 23.2 Å². The van der Waals surface area contributed by atoms with Gasteiger partial charge in [-0.05, 0) is 36.1 Å². The van der Waals surface area contributed by atoms with Gasteiger partial charge in [0.1, 0.15) is 0 Å². The first kappa shape index (κ1) is 12.2. The summed E-state index contributed by atoms with van der Waals surface area (Å²) >= 11 is 13.8. The average molecular weight is 300 g/mol. The molecule has 3 rings (SSSR count). The third-order valence-electron chi connectivity index (χ3n) is 2.94. The Morgan fingerprint density at radius 3 is 2.94 bits per heavy atom. The van der Waals surface area contributed by atoms with E-state index in [0.29, 0.717) is 15.8 Å². The van der Waals surface area contributed by atoms with Gasteiger partial charge in [0.25, 0.3) is 0 Å². The number of hydrogen-bond donors (Lipinski definition) is 1. The predicted molar refractivity (Wildman–Crippen MR) is 77.4 cm³/mol. The van der Waals surface area contributed by atoms with Crippen molar-refractivity contribution in [3.05, 3.63) is 44.1 Å². The predicted octanol–water partition coefficient (Wildman–Crippen LogP) is 4.91. The summed E-state index contributed by atoms with van der Waals surface area (Å²) in [5, 5.41) is 6.56. The lowest BCUT2D eigenvalue weighted by atomic mass is 10.1. The second kappa shape index (κ2) is 4.65. The Hall–Kier alpha value is -0.900. The Balaban J connectivity index is 1.96. The summed E-state index contributed by atoms with van der Waals surface area (Å²) < 4.78 is 6.00. The number of benzene rings is 1. The van der Waals surface area contributed by atoms with Crippen molar-refractivity contribution in [2.45, 2.75) is 13.0 Å². The molecule has 0 aliphatic carbocycles. The van der Waals surface area contributed by atoms with E-state index in [4.69, 9.17) is 27.9 Å². The molecule has 1 aromatic carbocycles. The van der Waals surface area contributed by atoms with E-state index in [1.807, 2.05) is 6.07 Å². The Labute approximate surface area is 119 Å². The van der Waals surface area contributed by atoms with E-state index >= 15 is 0 Å². The molecule has 2 heterocycles. The molecule has 0 fully saturated rings. The smallest absolute Gasteiger partial charge is 0.162 e. The van der Waals surface area contributed by atoms with E-state index < -0.39 is 0 Å². The molecule has 1 atom stereocenters. The van der Waals surface area contributed by atoms with Crippen LogP contribution in [-0.4, -0.2) is 6.54 Å². The van der Waals surface area contributed by atoms with Crippen molar-refractivity contribution in [3.63, 3.8) is 0 Å². The molecule has 1 N–H and O–H groups in total. The van der Waals surface area contributed by atoms with Crippen LogP contribution in [-0.2, 0) is 0 Å². The molecule has 18 heavy (non-hydrogen) atoms. The fraction of sp³-hybridized carbons (Fsp3) is 0.231. The van der Waals surface area contributed by atoms with E-state index in [0.717, 1.165) is 12.2 Å². The molecule has 0 amide bonds. The van der Waals surface area contributed by atoms with Gasteiger partial charge < -0.3 is 10.1 Å². The third kappa shape index (κ3) is 2.07. The van der Waals surface area contributed by atoms with Crippen molar-refractivity contribution in [3.8, 4) is 5.75 Å². The van der Waals surface area contributed by atoms with Gasteiger partial charge in [-0.25, -0.2) is 0 Å². The molecule has 1 aromatic heterocycles. The Bertz CT molecular complexity index is 597. The van der Waals surface area contributed by atoms with Gasteiger partial charge in [0.2, 0.25) is 0 Å². The SMILES string of the molecule is Cc1ccsc1C1CNc2cc(Cl)cc(Cl)c2O1. The summed E-state index contributed by atoms with van der Waals surface area (Å²) in [7, 11) is 0. The van der Waals surface area contributed by atoms with Gasteiger partial charge >= 0.3 is 0 Å². The van der Waals surface area contributed by atoms with Crippen molar-refractivity contribution in [1.82, 2.24) is 0 Å². The van der Waals surface area contributed by atoms with Crippen LogP contribution < -0.4 is 10.1 Å². The number of ether oxygens (including phenoxy) is 1. The maximum absolute atomic E-state index is 6.17. The largest absolute Gasteiger partial charge is 0.479 e. The van der Waals surface area contributed by atoms with E-state index in [9.17, 15) is 0 Å². The quantitative estimate of drug-likeness (QED) is 0.808. The van der Waals surface area contributed by atoms with Gasteiger partial charge in [0.15, 0.2) is 11.9 Å². The second-order valence-electron chi connectivity index (χ2n) is 4.22. The minimum Gasteiger partial charge on any atom is -0.479 e. The molecule has 0 spiro atoms. The maximum atomic E-state index is 6.17. The van der Waals surface area contributed by atoms with Gasteiger partial charge in [0.05, 0.1) is 17.3 Å². The topological polar surface area (TPSA) is 21.3 Å². The first-order chi connectivity index (χ1) is 8.65. The maximum Gasteiger partial charge on any atom is 0.162 e. The standard InChI is InChI=1S/C13H11Cl2NOS/c1-7-2-3-18-13(7)11-6-16-10-5-8(14)4-9(15)12(10)17-11/h2-5,11,16H,6H2,1H3. The molecule has 2 nitrogen and oxygen atoms in total. The van der Waals surface area contributed by atoms with Crippen molar-refractivity contribution in [1.29, 1.82) is 0 Å². The zero-order valence-corrected chi connectivity index (χ0v) is 12.0. The highest BCUT2D eigenvalue weighted by Crippen LogP contribution is 2.42. The average Bonchev–Trinajstić information content (AvgIpc) is 2.75.